The second-order valence-corrected chi connectivity index (χ2v) is 10.5. The van der Waals surface area contributed by atoms with Crippen molar-refractivity contribution < 1.29 is 14.3 Å². The third kappa shape index (κ3) is 4.85. The molecule has 3 aromatic carbocycles. The van der Waals surface area contributed by atoms with Crippen molar-refractivity contribution in [3.05, 3.63) is 124 Å². The van der Waals surface area contributed by atoms with Gasteiger partial charge in [0.1, 0.15) is 5.00 Å². The van der Waals surface area contributed by atoms with Crippen LogP contribution in [0.2, 0.25) is 0 Å². The van der Waals surface area contributed by atoms with Crippen LogP contribution in [0.4, 0.5) is 5.00 Å². The fraction of sp³-hybridized carbons (Fsp3) is 0.219. The predicted molar refractivity (Wildman–Crippen MR) is 149 cm³/mol. The molecule has 1 heterocycles. The Morgan fingerprint density at radius 1 is 0.974 bits per heavy atom. The van der Waals surface area contributed by atoms with E-state index in [4.69, 9.17) is 4.74 Å². The summed E-state index contributed by atoms with van der Waals surface area (Å²) >= 11 is 1.38. The molecule has 1 aromatic heterocycles. The summed E-state index contributed by atoms with van der Waals surface area (Å²) in [5.41, 5.74) is 3.31. The molecule has 0 saturated heterocycles. The summed E-state index contributed by atoms with van der Waals surface area (Å²) in [6, 6.07) is 31.6. The average molecular weight is 521 g/mol. The van der Waals surface area contributed by atoms with Gasteiger partial charge in [0.15, 0.2) is 0 Å². The third-order valence-corrected chi connectivity index (χ3v) is 8.29. The lowest BCUT2D eigenvalue weighted by Crippen LogP contribution is -2.31. The lowest BCUT2D eigenvalue weighted by Gasteiger charge is -2.31. The Morgan fingerprint density at radius 3 is 2.11 bits per heavy atom. The Kier molecular flexibility index (Phi) is 7.39. The molecule has 0 spiro atoms. The molecule has 1 amide bonds. The number of thiophene rings is 1. The molecule has 4 aromatic rings. The minimum Gasteiger partial charge on any atom is -0.462 e. The molecule has 0 saturated carbocycles. The van der Waals surface area contributed by atoms with Crippen LogP contribution in [0.1, 0.15) is 56.8 Å². The van der Waals surface area contributed by atoms with E-state index < -0.39 is 17.3 Å². The summed E-state index contributed by atoms with van der Waals surface area (Å²) in [6.45, 7) is 2.01. The normalized spacial score (nSPS) is 16.3. The third-order valence-electron chi connectivity index (χ3n) is 7.14. The number of hydrogen-bond acceptors (Lipinski definition) is 5. The molecule has 1 N–H and O–H groups in total. The molecule has 190 valence electrons. The molecule has 1 aliphatic carbocycles. The Balaban J connectivity index is 1.54. The zero-order valence-corrected chi connectivity index (χ0v) is 22.0. The molecule has 0 bridgehead atoms. The number of ether oxygens (including phenoxy) is 1. The second-order valence-electron chi connectivity index (χ2n) is 9.41. The van der Waals surface area contributed by atoms with Gasteiger partial charge in [-0.15, -0.1) is 11.3 Å². The van der Waals surface area contributed by atoms with Crippen LogP contribution in [0.25, 0.3) is 0 Å². The van der Waals surface area contributed by atoms with Crippen LogP contribution in [0, 0.1) is 11.3 Å². The first kappa shape index (κ1) is 25.4. The van der Waals surface area contributed by atoms with Crippen molar-refractivity contribution in [1.82, 2.24) is 0 Å². The van der Waals surface area contributed by atoms with Gasteiger partial charge in [-0.2, -0.15) is 5.26 Å². The Labute approximate surface area is 226 Å². The fourth-order valence-corrected chi connectivity index (χ4v) is 6.61. The number of nitrogens with one attached hydrogen (secondary N) is 1. The number of hydrogen-bond donors (Lipinski definition) is 1. The Hall–Kier alpha value is -4.21. The van der Waals surface area contributed by atoms with E-state index in [9.17, 15) is 14.9 Å². The van der Waals surface area contributed by atoms with E-state index in [1.165, 1.54) is 11.3 Å². The van der Waals surface area contributed by atoms with Crippen molar-refractivity contribution in [3.8, 4) is 6.07 Å². The molecule has 38 heavy (non-hydrogen) atoms. The van der Waals surface area contributed by atoms with Gasteiger partial charge in [-0.05, 0) is 42.0 Å². The van der Waals surface area contributed by atoms with Crippen molar-refractivity contribution in [2.24, 2.45) is 0 Å². The summed E-state index contributed by atoms with van der Waals surface area (Å²) < 4.78 is 5.42. The highest BCUT2D eigenvalue weighted by molar-refractivity contribution is 7.17. The zero-order chi connectivity index (χ0) is 26.5. The highest BCUT2D eigenvalue weighted by atomic mass is 32.1. The summed E-state index contributed by atoms with van der Waals surface area (Å²) in [5.74, 6) is -1.21. The predicted octanol–water partition coefficient (Wildman–Crippen LogP) is 6.65. The minimum absolute atomic E-state index is 0.221. The maximum absolute atomic E-state index is 13.9. The highest BCUT2D eigenvalue weighted by Gasteiger charge is 2.40. The van der Waals surface area contributed by atoms with E-state index >= 15 is 0 Å². The van der Waals surface area contributed by atoms with E-state index in [1.54, 1.807) is 6.92 Å². The van der Waals surface area contributed by atoms with Gasteiger partial charge in [0.25, 0.3) is 0 Å². The average Bonchev–Trinajstić information content (AvgIpc) is 3.31. The van der Waals surface area contributed by atoms with Gasteiger partial charge in [0, 0.05) is 11.3 Å². The topological polar surface area (TPSA) is 79.2 Å². The van der Waals surface area contributed by atoms with Crippen LogP contribution in [0.5, 0.6) is 0 Å². The van der Waals surface area contributed by atoms with E-state index in [1.807, 2.05) is 91.0 Å². The maximum Gasteiger partial charge on any atom is 0.341 e. The molecule has 1 atom stereocenters. The zero-order valence-electron chi connectivity index (χ0n) is 21.1. The summed E-state index contributed by atoms with van der Waals surface area (Å²) in [7, 11) is 0. The molecule has 6 heteroatoms. The van der Waals surface area contributed by atoms with Crippen LogP contribution in [0.3, 0.4) is 0 Å². The van der Waals surface area contributed by atoms with E-state index in [-0.39, 0.29) is 12.5 Å². The smallest absolute Gasteiger partial charge is 0.341 e. The monoisotopic (exact) mass is 520 g/mol. The van der Waals surface area contributed by atoms with Crippen LogP contribution in [-0.4, -0.2) is 18.5 Å². The number of benzene rings is 3. The van der Waals surface area contributed by atoms with Crippen molar-refractivity contribution in [2.45, 2.75) is 37.5 Å². The lowest BCUT2D eigenvalue weighted by atomic mass is 9.70. The summed E-state index contributed by atoms with van der Waals surface area (Å²) in [6.07, 6.45) is 1.63. The van der Waals surface area contributed by atoms with Crippen LogP contribution < -0.4 is 5.32 Å². The van der Waals surface area contributed by atoms with Gasteiger partial charge in [0.05, 0.1) is 29.6 Å². The van der Waals surface area contributed by atoms with Gasteiger partial charge in [-0.3, -0.25) is 4.79 Å². The van der Waals surface area contributed by atoms with E-state index in [2.05, 4.69) is 11.4 Å². The van der Waals surface area contributed by atoms with Gasteiger partial charge in [0.2, 0.25) is 5.91 Å². The maximum atomic E-state index is 13.9. The quantitative estimate of drug-likeness (QED) is 0.277. The molecule has 0 aliphatic heterocycles. The Morgan fingerprint density at radius 2 is 1.55 bits per heavy atom. The van der Waals surface area contributed by atoms with Crippen molar-refractivity contribution >= 4 is 28.2 Å². The second kappa shape index (κ2) is 11.0. The highest BCUT2D eigenvalue weighted by Crippen LogP contribution is 2.46. The molecular formula is C32H28N2O3S. The molecule has 0 fully saturated rings. The fourth-order valence-electron chi connectivity index (χ4n) is 5.26. The van der Waals surface area contributed by atoms with Crippen molar-refractivity contribution in [2.75, 3.05) is 11.9 Å². The van der Waals surface area contributed by atoms with Crippen LogP contribution in [-0.2, 0) is 27.8 Å². The molecule has 0 unspecified atom stereocenters. The number of anilines is 1. The molecule has 1 aliphatic rings. The number of amides is 1. The van der Waals surface area contributed by atoms with Crippen molar-refractivity contribution in [3.63, 3.8) is 0 Å². The number of nitriles is 1. The SMILES string of the molecule is CCOC(=O)c1c(NC(=O)C(c2ccccc2)c2ccccc2)sc2c1CC[C@@](C#N)(c1ccccc1)C2. The van der Waals surface area contributed by atoms with Crippen LogP contribution >= 0.6 is 11.3 Å². The number of rotatable bonds is 7. The Bertz CT molecular complexity index is 1440. The van der Waals surface area contributed by atoms with Gasteiger partial charge >= 0.3 is 5.97 Å². The van der Waals surface area contributed by atoms with Crippen LogP contribution in [0.15, 0.2) is 91.0 Å². The number of carbonyl (C=O) groups excluding carboxylic acids is 2. The molecule has 0 radical (unpaired) electrons. The number of fused-ring (bicyclic) bond motifs is 1. The largest absolute Gasteiger partial charge is 0.462 e. The minimum atomic E-state index is -0.678. The first-order chi connectivity index (χ1) is 18.6. The summed E-state index contributed by atoms with van der Waals surface area (Å²) in [5, 5.41) is 13.8. The number of nitrogens with zero attached hydrogens (tertiary/aromatic N) is 1. The van der Waals surface area contributed by atoms with E-state index in [0.29, 0.717) is 29.8 Å². The standard InChI is InChI=1S/C32H28N2O3S/c1-2-37-31(36)28-25-18-19-32(21-33,24-16-10-5-11-17-24)20-26(25)38-30(28)34-29(35)27(22-12-6-3-7-13-22)23-14-8-4-9-15-23/h3-17,27H,2,18-20H2,1H3,(H,34,35)/t32-/m1/s1. The van der Waals surface area contributed by atoms with E-state index in [0.717, 1.165) is 27.1 Å². The number of carbonyl (C=O) groups is 2. The van der Waals surface area contributed by atoms with Gasteiger partial charge < -0.3 is 10.1 Å². The van der Waals surface area contributed by atoms with Gasteiger partial charge in [-0.25, -0.2) is 4.79 Å². The first-order valence-electron chi connectivity index (χ1n) is 12.8. The number of esters is 1. The molecule has 5 nitrogen and oxygen atoms in total. The van der Waals surface area contributed by atoms with Crippen molar-refractivity contribution in [1.29, 1.82) is 5.26 Å². The lowest BCUT2D eigenvalue weighted by molar-refractivity contribution is -0.116. The molecule has 5 rings (SSSR count). The van der Waals surface area contributed by atoms with Gasteiger partial charge in [-0.1, -0.05) is 91.0 Å². The molecular weight excluding hydrogens is 492 g/mol. The summed E-state index contributed by atoms with van der Waals surface area (Å²) in [4.78, 5) is 28.0. The first-order valence-corrected chi connectivity index (χ1v) is 13.6.